The number of hydrogen-bond acceptors (Lipinski definition) is 5. The summed E-state index contributed by atoms with van der Waals surface area (Å²) < 4.78 is 46.2. The summed E-state index contributed by atoms with van der Waals surface area (Å²) in [4.78, 5) is 24.3. The van der Waals surface area contributed by atoms with Crippen LogP contribution in [0.25, 0.3) is 0 Å². The van der Waals surface area contributed by atoms with E-state index < -0.39 is 28.5 Å². The number of benzene rings is 3. The van der Waals surface area contributed by atoms with Crippen LogP contribution in [0, 0.1) is 19.7 Å². The molecule has 0 spiro atoms. The van der Waals surface area contributed by atoms with Crippen molar-refractivity contribution < 1.29 is 27.1 Å². The van der Waals surface area contributed by atoms with Gasteiger partial charge in [0.25, 0.3) is 15.9 Å². The fraction of sp³-hybridized carbons (Fsp3) is 0.167. The molecule has 172 valence electrons. The first-order valence-electron chi connectivity index (χ1n) is 10.0. The fourth-order valence-corrected chi connectivity index (χ4v) is 4.32. The van der Waals surface area contributed by atoms with Gasteiger partial charge in [0.05, 0.1) is 10.5 Å². The monoisotopic (exact) mass is 470 g/mol. The molecular formula is C24H23FN2O5S. The van der Waals surface area contributed by atoms with E-state index in [1.165, 1.54) is 42.5 Å². The van der Waals surface area contributed by atoms with Crippen molar-refractivity contribution in [2.45, 2.75) is 25.3 Å². The van der Waals surface area contributed by atoms with Crippen molar-refractivity contribution in [3.8, 4) is 0 Å². The Bertz CT molecular complexity index is 1270. The van der Waals surface area contributed by atoms with Crippen molar-refractivity contribution in [1.29, 1.82) is 0 Å². The molecule has 0 atom stereocenters. The summed E-state index contributed by atoms with van der Waals surface area (Å²) in [6.45, 7) is 3.06. The largest absolute Gasteiger partial charge is 0.452 e. The second-order valence-corrected chi connectivity index (χ2v) is 9.09. The number of aryl methyl sites for hydroxylation is 2. The number of anilines is 1. The van der Waals surface area contributed by atoms with Gasteiger partial charge < -0.3 is 10.1 Å². The molecule has 0 saturated heterocycles. The average Bonchev–Trinajstić information content (AvgIpc) is 2.77. The second-order valence-electron chi connectivity index (χ2n) is 7.43. The molecular weight excluding hydrogens is 447 g/mol. The summed E-state index contributed by atoms with van der Waals surface area (Å²) >= 11 is 0. The quantitative estimate of drug-likeness (QED) is 0.489. The van der Waals surface area contributed by atoms with Gasteiger partial charge in [-0.2, -0.15) is 0 Å². The van der Waals surface area contributed by atoms with Gasteiger partial charge >= 0.3 is 5.97 Å². The zero-order valence-electron chi connectivity index (χ0n) is 18.1. The lowest BCUT2D eigenvalue weighted by Gasteiger charge is -2.12. The molecule has 0 bridgehead atoms. The van der Waals surface area contributed by atoms with Gasteiger partial charge in [-0.25, -0.2) is 17.6 Å². The first kappa shape index (κ1) is 23.9. The number of carbonyl (C=O) groups excluding carboxylic acids is 2. The maximum Gasteiger partial charge on any atom is 0.338 e. The lowest BCUT2D eigenvalue weighted by Crippen LogP contribution is -2.28. The van der Waals surface area contributed by atoms with Crippen molar-refractivity contribution in [3.05, 3.63) is 94.8 Å². The number of esters is 1. The highest BCUT2D eigenvalue weighted by Gasteiger charge is 2.20. The van der Waals surface area contributed by atoms with Gasteiger partial charge in [-0.1, -0.05) is 30.3 Å². The van der Waals surface area contributed by atoms with E-state index in [4.69, 9.17) is 4.74 Å². The molecule has 3 aromatic carbocycles. The van der Waals surface area contributed by atoms with Crippen LogP contribution in [0.15, 0.2) is 71.6 Å². The number of hydrogen-bond donors (Lipinski definition) is 2. The van der Waals surface area contributed by atoms with E-state index in [-0.39, 0.29) is 22.8 Å². The Morgan fingerprint density at radius 1 is 0.970 bits per heavy atom. The molecule has 0 saturated carbocycles. The van der Waals surface area contributed by atoms with E-state index in [0.717, 1.165) is 5.56 Å². The summed E-state index contributed by atoms with van der Waals surface area (Å²) in [5.74, 6) is -1.76. The lowest BCUT2D eigenvalue weighted by atomic mass is 10.1. The summed E-state index contributed by atoms with van der Waals surface area (Å²) in [5, 5.41) is 2.56. The highest BCUT2D eigenvalue weighted by Crippen LogP contribution is 2.22. The SMILES string of the molecule is Cc1cccc(NS(=O)(=O)c2cc(C(=O)OCC(=O)NCc3ccc(F)cc3)ccc2C)c1. The standard InChI is InChI=1S/C24H23FN2O5S/c1-16-4-3-5-21(12-16)27-33(30,31)22-13-19(9-6-17(22)2)24(29)32-15-23(28)26-14-18-7-10-20(25)11-8-18/h3-13,27H,14-15H2,1-2H3,(H,26,28). The molecule has 9 heteroatoms. The molecule has 3 aromatic rings. The van der Waals surface area contributed by atoms with Crippen LogP contribution in [0.1, 0.15) is 27.0 Å². The normalized spacial score (nSPS) is 11.0. The van der Waals surface area contributed by atoms with Gasteiger partial charge in [0.15, 0.2) is 6.61 Å². The fourth-order valence-electron chi connectivity index (χ4n) is 3.00. The predicted molar refractivity (Wildman–Crippen MR) is 122 cm³/mol. The van der Waals surface area contributed by atoms with E-state index in [9.17, 15) is 22.4 Å². The van der Waals surface area contributed by atoms with Crippen molar-refractivity contribution in [3.63, 3.8) is 0 Å². The molecule has 33 heavy (non-hydrogen) atoms. The lowest BCUT2D eigenvalue weighted by molar-refractivity contribution is -0.124. The third-order valence-electron chi connectivity index (χ3n) is 4.72. The third kappa shape index (κ3) is 6.63. The molecule has 3 rings (SSSR count). The molecule has 0 unspecified atom stereocenters. The molecule has 7 nitrogen and oxygen atoms in total. The Hall–Kier alpha value is -3.72. The first-order chi connectivity index (χ1) is 15.6. The Labute approximate surface area is 191 Å². The van der Waals surface area contributed by atoms with Gasteiger partial charge in [-0.05, 0) is 66.9 Å². The van der Waals surface area contributed by atoms with Crippen molar-refractivity contribution in [2.75, 3.05) is 11.3 Å². The number of amides is 1. The maximum absolute atomic E-state index is 12.9. The van der Waals surface area contributed by atoms with Gasteiger partial charge in [-0.3, -0.25) is 9.52 Å². The van der Waals surface area contributed by atoms with Gasteiger partial charge in [-0.15, -0.1) is 0 Å². The van der Waals surface area contributed by atoms with Crippen LogP contribution in [0.3, 0.4) is 0 Å². The average molecular weight is 471 g/mol. The molecule has 2 N–H and O–H groups in total. The van der Waals surface area contributed by atoms with Crippen LogP contribution in [0.2, 0.25) is 0 Å². The van der Waals surface area contributed by atoms with Crippen LogP contribution < -0.4 is 10.0 Å². The number of rotatable bonds is 8. The number of carbonyl (C=O) groups is 2. The number of ether oxygens (including phenoxy) is 1. The second kappa shape index (κ2) is 10.3. The zero-order valence-corrected chi connectivity index (χ0v) is 18.9. The Morgan fingerprint density at radius 3 is 2.39 bits per heavy atom. The summed E-state index contributed by atoms with van der Waals surface area (Å²) in [6.07, 6.45) is 0. The van der Waals surface area contributed by atoms with Gasteiger partial charge in [0.2, 0.25) is 0 Å². The maximum atomic E-state index is 12.9. The first-order valence-corrected chi connectivity index (χ1v) is 11.5. The van der Waals surface area contributed by atoms with E-state index in [1.807, 2.05) is 13.0 Å². The number of halogens is 1. The van der Waals surface area contributed by atoms with Crippen molar-refractivity contribution >= 4 is 27.6 Å². The van der Waals surface area contributed by atoms with Gasteiger partial charge in [0, 0.05) is 12.2 Å². The summed E-state index contributed by atoms with van der Waals surface area (Å²) in [7, 11) is -3.95. The summed E-state index contributed by atoms with van der Waals surface area (Å²) in [6, 6.07) is 16.6. The molecule has 0 heterocycles. The smallest absolute Gasteiger partial charge is 0.338 e. The molecule has 0 aromatic heterocycles. The molecule has 0 aliphatic heterocycles. The van der Waals surface area contributed by atoms with E-state index >= 15 is 0 Å². The van der Waals surface area contributed by atoms with Crippen molar-refractivity contribution in [1.82, 2.24) is 5.32 Å². The van der Waals surface area contributed by atoms with Crippen LogP contribution in [-0.2, 0) is 26.1 Å². The molecule has 0 aliphatic carbocycles. The van der Waals surface area contributed by atoms with Crippen molar-refractivity contribution in [2.24, 2.45) is 0 Å². The molecule has 0 fully saturated rings. The number of sulfonamides is 1. The van der Waals surface area contributed by atoms with E-state index in [0.29, 0.717) is 16.8 Å². The van der Waals surface area contributed by atoms with E-state index in [2.05, 4.69) is 10.0 Å². The molecule has 0 aliphatic rings. The van der Waals surface area contributed by atoms with E-state index in [1.54, 1.807) is 25.1 Å². The van der Waals surface area contributed by atoms with Crippen LogP contribution >= 0.6 is 0 Å². The molecule has 1 amide bonds. The minimum absolute atomic E-state index is 0.00319. The summed E-state index contributed by atoms with van der Waals surface area (Å²) in [5.41, 5.74) is 2.42. The third-order valence-corrected chi connectivity index (χ3v) is 6.24. The highest BCUT2D eigenvalue weighted by atomic mass is 32.2. The Morgan fingerprint density at radius 2 is 1.70 bits per heavy atom. The predicted octanol–water partition coefficient (Wildman–Crippen LogP) is 3.72. The van der Waals surface area contributed by atoms with Crippen LogP contribution in [-0.4, -0.2) is 26.9 Å². The highest BCUT2D eigenvalue weighted by molar-refractivity contribution is 7.92. The van der Waals surface area contributed by atoms with Gasteiger partial charge in [0.1, 0.15) is 5.82 Å². The zero-order chi connectivity index (χ0) is 24.0. The number of nitrogens with one attached hydrogen (secondary N) is 2. The minimum Gasteiger partial charge on any atom is -0.452 e. The topological polar surface area (TPSA) is 102 Å². The van der Waals surface area contributed by atoms with Crippen LogP contribution in [0.5, 0.6) is 0 Å². The van der Waals surface area contributed by atoms with Crippen LogP contribution in [0.4, 0.5) is 10.1 Å². The molecule has 0 radical (unpaired) electrons. The Balaban J connectivity index is 1.63. The minimum atomic E-state index is -3.95. The Kier molecular flexibility index (Phi) is 7.44.